The van der Waals surface area contributed by atoms with Crippen molar-refractivity contribution in [1.29, 1.82) is 0 Å². The molecule has 2 bridgehead atoms. The number of benzene rings is 3. The number of aliphatic hydroxyl groups excluding tert-OH is 1. The summed E-state index contributed by atoms with van der Waals surface area (Å²) >= 11 is 17.6. The monoisotopic (exact) mass is 1030 g/mol. The van der Waals surface area contributed by atoms with E-state index in [2.05, 4.69) is 0 Å². The number of alkyl halides is 3. The summed E-state index contributed by atoms with van der Waals surface area (Å²) in [5.74, 6) is -6.22. The van der Waals surface area contributed by atoms with Crippen molar-refractivity contribution in [2.45, 2.75) is 119 Å². The van der Waals surface area contributed by atoms with Crippen LogP contribution < -0.4 is 10.5 Å². The molecule has 4 aliphatic rings. The Morgan fingerprint density at radius 3 is 2.07 bits per heavy atom. The molecule has 3 fully saturated rings. The molecule has 0 unspecified atom stereocenters. The molecule has 1 aliphatic heterocycles. The average molecular weight is 1030 g/mol. The van der Waals surface area contributed by atoms with Crippen LogP contribution in [0, 0.1) is 16.7 Å². The SMILES string of the molecule is CC(=O)O[C@H]1C(=O)[C@]2(C)[C@@H](OC(=O)OCC(Cl)(Cl)Cl)C[C@H]3OC[C@@]3(OC(C)=O)[C@H]2[C@H](OC(=O)c2ccccc2)[C@]2(O)C[C@H](OC(=O)[C@H](O)[C@@H](N)c3ccc(OCc4ccccc4)cc3)C(C)=C1C2(C)C. The molecule has 0 amide bonds. The van der Waals surface area contributed by atoms with Gasteiger partial charge in [0.25, 0.3) is 0 Å². The zero-order chi connectivity index (χ0) is 51.1. The lowest BCUT2D eigenvalue weighted by Gasteiger charge is -2.67. The minimum absolute atomic E-state index is 0.0113. The predicted octanol–water partition coefficient (Wildman–Crippen LogP) is 6.37. The Morgan fingerprint density at radius 1 is 0.871 bits per heavy atom. The highest BCUT2D eigenvalue weighted by molar-refractivity contribution is 6.67. The molecular formula is C50H54Cl3NO16. The Bertz CT molecular complexity index is 2520. The summed E-state index contributed by atoms with van der Waals surface area (Å²) in [6, 6.07) is 22.2. The molecule has 0 radical (unpaired) electrons. The molecule has 0 aromatic heterocycles. The van der Waals surface area contributed by atoms with Crippen LogP contribution in [0.15, 0.2) is 96.1 Å². The van der Waals surface area contributed by atoms with Crippen LogP contribution in [0.5, 0.6) is 5.75 Å². The van der Waals surface area contributed by atoms with Gasteiger partial charge in [-0.15, -0.1) is 0 Å². The molecule has 70 heavy (non-hydrogen) atoms. The number of carbonyl (C=O) groups is 6. The van der Waals surface area contributed by atoms with Gasteiger partial charge in [0.1, 0.15) is 49.0 Å². The Morgan fingerprint density at radius 2 is 1.50 bits per heavy atom. The molecule has 3 aliphatic carbocycles. The number of rotatable bonds is 13. The first-order valence-electron chi connectivity index (χ1n) is 22.4. The van der Waals surface area contributed by atoms with Gasteiger partial charge in [0.15, 0.2) is 23.6 Å². The molecule has 17 nitrogen and oxygen atoms in total. The van der Waals surface area contributed by atoms with Crippen LogP contribution in [0.2, 0.25) is 0 Å². The van der Waals surface area contributed by atoms with Gasteiger partial charge in [0.05, 0.1) is 29.5 Å². The minimum atomic E-state index is -2.49. The standard InChI is InChI=1S/C50H54Cl3NO16/c1-26-33(67-44(60)38(57)37(54)30-17-19-32(20-18-30)63-23-29-13-9-7-10-14-29)22-49(62)42(69-43(59)31-15-11-8-12-16-31)40-47(6,41(58)39(66-27(2)55)36(26)46(49,4)5)34(68-45(61)65-25-50(51,52)53)21-35-48(40,24-64-35)70-28(3)56/h7-20,33-35,37-40,42,57,62H,21-25,54H2,1-6H3/t33-,34-,35+,37-,38+,39+,40-,42-,47+,48-,49+/m0/s1. The van der Waals surface area contributed by atoms with E-state index in [1.54, 1.807) is 42.5 Å². The van der Waals surface area contributed by atoms with Crippen molar-refractivity contribution >= 4 is 70.6 Å². The largest absolute Gasteiger partial charge is 0.508 e. The number of Topliss-reactive ketones (excluding diaryl/α,β-unsaturated/α-hetero) is 1. The van der Waals surface area contributed by atoms with Crippen molar-refractivity contribution < 1.29 is 76.9 Å². The molecule has 0 spiro atoms. The van der Waals surface area contributed by atoms with Crippen molar-refractivity contribution in [2.75, 3.05) is 13.2 Å². The van der Waals surface area contributed by atoms with E-state index in [0.29, 0.717) is 17.9 Å². The molecule has 3 aromatic rings. The highest BCUT2D eigenvalue weighted by Crippen LogP contribution is 2.65. The maximum Gasteiger partial charge on any atom is 0.508 e. The topological polar surface area (TPSA) is 243 Å². The first kappa shape index (κ1) is 52.6. The lowest BCUT2D eigenvalue weighted by molar-refractivity contribution is -0.346. The summed E-state index contributed by atoms with van der Waals surface area (Å²) in [6.45, 7) is 7.14. The zero-order valence-corrected chi connectivity index (χ0v) is 41.3. The second kappa shape index (κ2) is 20.1. The fourth-order valence-corrected chi connectivity index (χ4v) is 10.7. The number of ether oxygens (including phenoxy) is 8. The Kier molecular flexibility index (Phi) is 15.1. The van der Waals surface area contributed by atoms with Gasteiger partial charge in [-0.25, -0.2) is 14.4 Å². The number of carbonyl (C=O) groups excluding carboxylic acids is 6. The zero-order valence-electron chi connectivity index (χ0n) is 39.1. The van der Waals surface area contributed by atoms with Crippen molar-refractivity contribution in [3.63, 3.8) is 0 Å². The number of aliphatic hydroxyl groups is 2. The number of nitrogens with two attached hydrogens (primary N) is 1. The highest BCUT2D eigenvalue weighted by atomic mass is 35.6. The van der Waals surface area contributed by atoms with E-state index in [0.717, 1.165) is 19.4 Å². The van der Waals surface area contributed by atoms with Gasteiger partial charge >= 0.3 is 30.0 Å². The molecule has 3 aromatic carbocycles. The van der Waals surface area contributed by atoms with Crippen molar-refractivity contribution in [1.82, 2.24) is 0 Å². The van der Waals surface area contributed by atoms with Gasteiger partial charge in [0.2, 0.25) is 3.79 Å². The maximum atomic E-state index is 16.0. The van der Waals surface area contributed by atoms with Gasteiger partial charge in [-0.1, -0.05) is 109 Å². The third-order valence-electron chi connectivity index (χ3n) is 14.1. The van der Waals surface area contributed by atoms with Crippen LogP contribution >= 0.6 is 34.8 Å². The molecule has 1 saturated heterocycles. The first-order chi connectivity index (χ1) is 32.8. The summed E-state index contributed by atoms with van der Waals surface area (Å²) in [7, 11) is 0. The van der Waals surface area contributed by atoms with Gasteiger partial charge < -0.3 is 53.8 Å². The minimum Gasteiger partial charge on any atom is -0.489 e. The molecule has 4 N–H and O–H groups in total. The molecule has 1 heterocycles. The van der Waals surface area contributed by atoms with Crippen LogP contribution in [0.25, 0.3) is 0 Å². The van der Waals surface area contributed by atoms with E-state index in [-0.39, 0.29) is 23.1 Å². The molecule has 20 heteroatoms. The Hall–Kier alpha value is -5.27. The quantitative estimate of drug-likeness (QED) is 0.0728. The number of ketones is 1. The van der Waals surface area contributed by atoms with Crippen LogP contribution in [0.3, 0.4) is 0 Å². The highest BCUT2D eigenvalue weighted by Gasteiger charge is 2.79. The Labute approximate surface area is 418 Å². The van der Waals surface area contributed by atoms with Gasteiger partial charge in [-0.2, -0.15) is 0 Å². The summed E-state index contributed by atoms with van der Waals surface area (Å²) in [5, 5.41) is 25.3. The lowest BCUT2D eigenvalue weighted by atomic mass is 9.44. The summed E-state index contributed by atoms with van der Waals surface area (Å²) in [4.78, 5) is 84.5. The number of fused-ring (bicyclic) bond motifs is 5. The molecule has 7 rings (SSSR count). The van der Waals surface area contributed by atoms with Crippen LogP contribution in [-0.2, 0) is 58.9 Å². The van der Waals surface area contributed by atoms with Crippen molar-refractivity contribution in [2.24, 2.45) is 22.5 Å². The summed E-state index contributed by atoms with van der Waals surface area (Å²) < 4.78 is 45.3. The van der Waals surface area contributed by atoms with Gasteiger partial charge in [-0.05, 0) is 60.4 Å². The molecule has 376 valence electrons. The van der Waals surface area contributed by atoms with E-state index in [1.165, 1.54) is 39.8 Å². The molecule has 2 saturated carbocycles. The first-order valence-corrected chi connectivity index (χ1v) is 23.5. The molecular weight excluding hydrogens is 977 g/mol. The average Bonchev–Trinajstić information content (AvgIpc) is 3.30. The number of hydrogen-bond acceptors (Lipinski definition) is 17. The second-order valence-electron chi connectivity index (χ2n) is 18.7. The van der Waals surface area contributed by atoms with Crippen LogP contribution in [0.1, 0.15) is 81.9 Å². The summed E-state index contributed by atoms with van der Waals surface area (Å²) in [5.41, 5.74) is -0.590. The van der Waals surface area contributed by atoms with E-state index in [4.69, 9.17) is 78.4 Å². The van der Waals surface area contributed by atoms with Crippen molar-refractivity contribution in [3.05, 3.63) is 113 Å². The van der Waals surface area contributed by atoms with Gasteiger partial charge in [0, 0.05) is 32.1 Å². The molecule has 11 atom stereocenters. The van der Waals surface area contributed by atoms with E-state index >= 15 is 4.79 Å². The summed E-state index contributed by atoms with van der Waals surface area (Å²) in [6.07, 6.45) is -12.6. The number of halogens is 3. The van der Waals surface area contributed by atoms with Gasteiger partial charge in [-0.3, -0.25) is 14.4 Å². The third-order valence-corrected chi connectivity index (χ3v) is 14.4. The maximum absolute atomic E-state index is 16.0. The smallest absolute Gasteiger partial charge is 0.489 e. The van der Waals surface area contributed by atoms with Crippen LogP contribution in [-0.4, -0.2) is 111 Å². The normalized spacial score (nSPS) is 29.7. The predicted molar refractivity (Wildman–Crippen MR) is 249 cm³/mol. The van der Waals surface area contributed by atoms with E-state index < -0.39 is 130 Å². The van der Waals surface area contributed by atoms with E-state index in [9.17, 15) is 34.2 Å². The number of esters is 4. The number of hydrogen-bond donors (Lipinski definition) is 3. The lowest BCUT2D eigenvalue weighted by Crippen LogP contribution is -2.82. The fraction of sp³-hybridized carbons (Fsp3) is 0.480. The third kappa shape index (κ3) is 9.98. The van der Waals surface area contributed by atoms with E-state index in [1.807, 2.05) is 30.3 Å². The van der Waals surface area contributed by atoms with Crippen molar-refractivity contribution in [3.8, 4) is 5.75 Å². The Balaban J connectivity index is 1.34. The van der Waals surface area contributed by atoms with Crippen LogP contribution in [0.4, 0.5) is 4.79 Å². The fourth-order valence-electron chi connectivity index (χ4n) is 10.5. The second-order valence-corrected chi connectivity index (χ2v) is 21.3.